The van der Waals surface area contributed by atoms with Crippen LogP contribution in [0.15, 0.2) is 0 Å². The molecule has 4 nitrogen and oxygen atoms in total. The van der Waals surface area contributed by atoms with Crippen LogP contribution in [0.1, 0.15) is 51.4 Å². The molecule has 0 spiro atoms. The van der Waals surface area contributed by atoms with Crippen LogP contribution in [-0.2, 0) is 4.74 Å². The minimum absolute atomic E-state index is 0.0866. The van der Waals surface area contributed by atoms with E-state index in [0.717, 1.165) is 45.1 Å². The van der Waals surface area contributed by atoms with Crippen molar-refractivity contribution in [3.8, 4) is 0 Å². The fourth-order valence-electron chi connectivity index (χ4n) is 2.95. The molecule has 1 aliphatic heterocycles. The molecule has 2 fully saturated rings. The highest BCUT2D eigenvalue weighted by molar-refractivity contribution is 5.68. The fourth-order valence-corrected chi connectivity index (χ4v) is 2.95. The molecule has 0 radical (unpaired) electrons. The predicted molar refractivity (Wildman–Crippen MR) is 66.8 cm³/mol. The van der Waals surface area contributed by atoms with Crippen LogP contribution in [0.4, 0.5) is 4.79 Å². The number of nitrogens with two attached hydrogens (primary N) is 1. The van der Waals surface area contributed by atoms with Gasteiger partial charge in [-0.3, -0.25) is 0 Å². The average Bonchev–Trinajstić information content (AvgIpc) is 2.96. The molecule has 0 bridgehead atoms. The van der Waals surface area contributed by atoms with Crippen molar-refractivity contribution < 1.29 is 9.53 Å². The minimum Gasteiger partial charge on any atom is -0.446 e. The van der Waals surface area contributed by atoms with Gasteiger partial charge in [0.2, 0.25) is 0 Å². The third-order valence-electron chi connectivity index (χ3n) is 3.92. The summed E-state index contributed by atoms with van der Waals surface area (Å²) in [7, 11) is 0. The molecule has 1 saturated heterocycles. The van der Waals surface area contributed by atoms with Gasteiger partial charge < -0.3 is 15.4 Å². The second-order valence-corrected chi connectivity index (χ2v) is 5.21. The van der Waals surface area contributed by atoms with E-state index < -0.39 is 0 Å². The van der Waals surface area contributed by atoms with Crippen molar-refractivity contribution in [3.05, 3.63) is 0 Å². The molecule has 0 aromatic carbocycles. The summed E-state index contributed by atoms with van der Waals surface area (Å²) < 4.78 is 5.56. The summed E-state index contributed by atoms with van der Waals surface area (Å²) in [4.78, 5) is 14.0. The number of rotatable bonds is 4. The molecule has 1 saturated carbocycles. The van der Waals surface area contributed by atoms with Crippen molar-refractivity contribution in [3.63, 3.8) is 0 Å². The number of nitrogens with zero attached hydrogens (tertiary/aromatic N) is 1. The maximum Gasteiger partial charge on any atom is 0.410 e. The Hall–Kier alpha value is -0.770. The lowest BCUT2D eigenvalue weighted by molar-refractivity contribution is 0.0610. The van der Waals surface area contributed by atoms with Crippen LogP contribution >= 0.6 is 0 Å². The molecule has 1 heterocycles. The monoisotopic (exact) mass is 240 g/mol. The van der Waals surface area contributed by atoms with Crippen LogP contribution in [0.25, 0.3) is 0 Å². The van der Waals surface area contributed by atoms with Crippen molar-refractivity contribution in [2.75, 3.05) is 13.1 Å². The van der Waals surface area contributed by atoms with E-state index in [9.17, 15) is 4.79 Å². The number of likely N-dealkylation sites (tertiary alicyclic amines) is 1. The molecular weight excluding hydrogens is 216 g/mol. The third-order valence-corrected chi connectivity index (χ3v) is 3.92. The number of amides is 1. The van der Waals surface area contributed by atoms with Gasteiger partial charge in [-0.05, 0) is 57.9 Å². The Balaban J connectivity index is 1.80. The van der Waals surface area contributed by atoms with Gasteiger partial charge in [-0.1, -0.05) is 0 Å². The van der Waals surface area contributed by atoms with Crippen molar-refractivity contribution >= 4 is 6.09 Å². The summed E-state index contributed by atoms with van der Waals surface area (Å²) in [5.74, 6) is 0. The molecule has 1 amide bonds. The lowest BCUT2D eigenvalue weighted by atomic mass is 10.1. The number of hydrogen-bond acceptors (Lipinski definition) is 3. The van der Waals surface area contributed by atoms with E-state index in [2.05, 4.69) is 0 Å². The minimum atomic E-state index is -0.0866. The Morgan fingerprint density at radius 2 is 2.00 bits per heavy atom. The first-order valence-electron chi connectivity index (χ1n) is 6.98. The van der Waals surface area contributed by atoms with Gasteiger partial charge in [0.15, 0.2) is 0 Å². The topological polar surface area (TPSA) is 55.6 Å². The number of carbonyl (C=O) groups excluding carboxylic acids is 1. The van der Waals surface area contributed by atoms with Gasteiger partial charge >= 0.3 is 6.09 Å². The summed E-state index contributed by atoms with van der Waals surface area (Å²) in [5, 5.41) is 0. The Bertz CT molecular complexity index is 252. The lowest BCUT2D eigenvalue weighted by Crippen LogP contribution is -2.37. The van der Waals surface area contributed by atoms with Gasteiger partial charge in [0.1, 0.15) is 6.10 Å². The molecule has 2 aliphatic rings. The first kappa shape index (κ1) is 12.7. The van der Waals surface area contributed by atoms with Crippen LogP contribution in [0, 0.1) is 0 Å². The summed E-state index contributed by atoms with van der Waals surface area (Å²) in [6.07, 6.45) is 8.83. The van der Waals surface area contributed by atoms with Crippen molar-refractivity contribution in [2.24, 2.45) is 5.73 Å². The van der Waals surface area contributed by atoms with Crippen molar-refractivity contribution in [2.45, 2.75) is 63.5 Å². The maximum atomic E-state index is 12.0. The smallest absolute Gasteiger partial charge is 0.410 e. The zero-order chi connectivity index (χ0) is 12.1. The largest absolute Gasteiger partial charge is 0.446 e. The van der Waals surface area contributed by atoms with Crippen LogP contribution in [0.3, 0.4) is 0 Å². The zero-order valence-electron chi connectivity index (χ0n) is 10.6. The molecule has 2 rings (SSSR count). The molecule has 1 aliphatic carbocycles. The molecule has 0 aromatic heterocycles. The number of carbonyl (C=O) groups is 1. The lowest BCUT2D eigenvalue weighted by Gasteiger charge is -2.25. The quantitative estimate of drug-likeness (QED) is 0.820. The molecule has 2 N–H and O–H groups in total. The van der Waals surface area contributed by atoms with Gasteiger partial charge in [0, 0.05) is 12.6 Å². The Labute approximate surface area is 103 Å². The second kappa shape index (κ2) is 6.24. The summed E-state index contributed by atoms with van der Waals surface area (Å²) in [6.45, 7) is 1.57. The van der Waals surface area contributed by atoms with Crippen LogP contribution in [-0.4, -0.2) is 36.2 Å². The Kier molecular flexibility index (Phi) is 4.66. The third kappa shape index (κ3) is 3.35. The standard InChI is InChI=1S/C13H24N2O2/c14-9-3-5-11-6-4-10-15(11)13(16)17-12-7-1-2-8-12/h11-12H,1-10,14H2. The van der Waals surface area contributed by atoms with Crippen LogP contribution < -0.4 is 5.73 Å². The first-order valence-corrected chi connectivity index (χ1v) is 6.98. The summed E-state index contributed by atoms with van der Waals surface area (Å²) >= 11 is 0. The van der Waals surface area contributed by atoms with Crippen molar-refractivity contribution in [1.82, 2.24) is 4.90 Å². The van der Waals surface area contributed by atoms with E-state index in [0.29, 0.717) is 12.6 Å². The van der Waals surface area contributed by atoms with Gasteiger partial charge in [0.25, 0.3) is 0 Å². The van der Waals surface area contributed by atoms with Gasteiger partial charge in [-0.2, -0.15) is 0 Å². The van der Waals surface area contributed by atoms with Gasteiger partial charge in [-0.15, -0.1) is 0 Å². The molecule has 98 valence electrons. The summed E-state index contributed by atoms with van der Waals surface area (Å²) in [5.41, 5.74) is 5.53. The molecule has 1 unspecified atom stereocenters. The van der Waals surface area contributed by atoms with E-state index >= 15 is 0 Å². The molecule has 1 atom stereocenters. The maximum absolute atomic E-state index is 12.0. The molecular formula is C13H24N2O2. The van der Waals surface area contributed by atoms with E-state index in [1.54, 1.807) is 0 Å². The van der Waals surface area contributed by atoms with Crippen molar-refractivity contribution in [1.29, 1.82) is 0 Å². The van der Waals surface area contributed by atoms with E-state index in [1.807, 2.05) is 4.90 Å². The van der Waals surface area contributed by atoms with Gasteiger partial charge in [-0.25, -0.2) is 4.79 Å². The van der Waals surface area contributed by atoms with E-state index in [4.69, 9.17) is 10.5 Å². The zero-order valence-corrected chi connectivity index (χ0v) is 10.6. The van der Waals surface area contributed by atoms with E-state index in [1.165, 1.54) is 12.8 Å². The Morgan fingerprint density at radius 3 is 2.71 bits per heavy atom. The van der Waals surface area contributed by atoms with Crippen LogP contribution in [0.5, 0.6) is 0 Å². The predicted octanol–water partition coefficient (Wildman–Crippen LogP) is 2.27. The highest BCUT2D eigenvalue weighted by atomic mass is 16.6. The number of hydrogen-bond donors (Lipinski definition) is 1. The molecule has 0 aromatic rings. The highest BCUT2D eigenvalue weighted by Gasteiger charge is 2.31. The molecule has 4 heteroatoms. The fraction of sp³-hybridized carbons (Fsp3) is 0.923. The molecule has 17 heavy (non-hydrogen) atoms. The van der Waals surface area contributed by atoms with Gasteiger partial charge in [0.05, 0.1) is 0 Å². The first-order chi connectivity index (χ1) is 8.31. The summed E-state index contributed by atoms with van der Waals surface area (Å²) in [6, 6.07) is 0.368. The Morgan fingerprint density at radius 1 is 1.24 bits per heavy atom. The average molecular weight is 240 g/mol. The second-order valence-electron chi connectivity index (χ2n) is 5.21. The normalized spacial score (nSPS) is 25.5. The van der Waals surface area contributed by atoms with Crippen LogP contribution in [0.2, 0.25) is 0 Å². The number of ether oxygens (including phenoxy) is 1. The SMILES string of the molecule is NCCCC1CCCN1C(=O)OC1CCCC1. The highest BCUT2D eigenvalue weighted by Crippen LogP contribution is 2.25. The van der Waals surface area contributed by atoms with E-state index in [-0.39, 0.29) is 12.2 Å².